The summed E-state index contributed by atoms with van der Waals surface area (Å²) in [6.45, 7) is 9.87. The molecule has 0 aliphatic carbocycles. The average molecular weight is 281 g/mol. The largest absolute Gasteiger partial charge is 0.313 e. The summed E-state index contributed by atoms with van der Waals surface area (Å²) < 4.78 is 0. The summed E-state index contributed by atoms with van der Waals surface area (Å²) in [5, 5.41) is 3.68. The number of rotatable bonds is 6. The molecule has 2 aromatic rings. The highest BCUT2D eigenvalue weighted by molar-refractivity contribution is 5.41. The van der Waals surface area contributed by atoms with Crippen molar-refractivity contribution in [3.63, 3.8) is 0 Å². The Morgan fingerprint density at radius 3 is 2.29 bits per heavy atom. The van der Waals surface area contributed by atoms with Crippen LogP contribution in [0, 0.1) is 13.8 Å². The third-order valence-electron chi connectivity index (χ3n) is 4.24. The Bertz CT molecular complexity index is 559. The Labute approximate surface area is 129 Å². The van der Waals surface area contributed by atoms with Gasteiger partial charge in [0.15, 0.2) is 0 Å². The maximum Gasteiger partial charge on any atom is 0.0246 e. The summed E-state index contributed by atoms with van der Waals surface area (Å²) in [7, 11) is 0. The molecule has 2 unspecified atom stereocenters. The van der Waals surface area contributed by atoms with Gasteiger partial charge in [-0.25, -0.2) is 0 Å². The van der Waals surface area contributed by atoms with Crippen molar-refractivity contribution in [3.8, 4) is 0 Å². The summed E-state index contributed by atoms with van der Waals surface area (Å²) in [6, 6.07) is 18.2. The fourth-order valence-corrected chi connectivity index (χ4v) is 3.14. The lowest BCUT2D eigenvalue weighted by Crippen LogP contribution is -2.35. The lowest BCUT2D eigenvalue weighted by atomic mass is 9.81. The lowest BCUT2D eigenvalue weighted by Gasteiger charge is -2.29. The van der Waals surface area contributed by atoms with E-state index in [1.54, 1.807) is 0 Å². The summed E-state index contributed by atoms with van der Waals surface area (Å²) in [6.07, 6.45) is 1.13. The van der Waals surface area contributed by atoms with Crippen molar-refractivity contribution in [1.82, 2.24) is 5.32 Å². The number of nitrogens with one attached hydrogen (secondary N) is 1. The van der Waals surface area contributed by atoms with Crippen molar-refractivity contribution in [1.29, 1.82) is 0 Å². The molecule has 21 heavy (non-hydrogen) atoms. The first-order valence-corrected chi connectivity index (χ1v) is 8.02. The van der Waals surface area contributed by atoms with E-state index in [0.29, 0.717) is 12.0 Å². The van der Waals surface area contributed by atoms with E-state index in [0.717, 1.165) is 13.0 Å². The maximum absolute atomic E-state index is 3.68. The molecule has 0 amide bonds. The normalized spacial score (nSPS) is 13.9. The Balaban J connectivity index is 2.52. The topological polar surface area (TPSA) is 12.0 Å². The minimum Gasteiger partial charge on any atom is -0.313 e. The molecule has 0 spiro atoms. The lowest BCUT2D eigenvalue weighted by molar-refractivity contribution is 0.464. The molecule has 0 saturated carbocycles. The Morgan fingerprint density at radius 1 is 0.952 bits per heavy atom. The summed E-state index contributed by atoms with van der Waals surface area (Å²) in [5.74, 6) is 0.413. The Kier molecular flexibility index (Phi) is 5.58. The zero-order valence-corrected chi connectivity index (χ0v) is 13.7. The van der Waals surface area contributed by atoms with Crippen LogP contribution in [0.5, 0.6) is 0 Å². The van der Waals surface area contributed by atoms with Gasteiger partial charge in [0.25, 0.3) is 0 Å². The molecular weight excluding hydrogens is 254 g/mol. The molecule has 1 heteroatoms. The van der Waals surface area contributed by atoms with Crippen LogP contribution < -0.4 is 5.32 Å². The smallest absolute Gasteiger partial charge is 0.0246 e. The summed E-state index contributed by atoms with van der Waals surface area (Å²) >= 11 is 0. The van der Waals surface area contributed by atoms with Crippen LogP contribution in [0.25, 0.3) is 0 Å². The van der Waals surface area contributed by atoms with Crippen LogP contribution in [-0.4, -0.2) is 12.6 Å². The number of hydrogen-bond acceptors (Lipinski definition) is 1. The van der Waals surface area contributed by atoms with Crippen molar-refractivity contribution in [3.05, 3.63) is 70.8 Å². The third-order valence-corrected chi connectivity index (χ3v) is 4.24. The van der Waals surface area contributed by atoms with Crippen molar-refractivity contribution >= 4 is 0 Å². The molecule has 0 aliphatic heterocycles. The Hall–Kier alpha value is -1.60. The van der Waals surface area contributed by atoms with Gasteiger partial charge in [-0.3, -0.25) is 0 Å². The minimum atomic E-state index is 0.413. The number of benzene rings is 2. The molecule has 0 aliphatic rings. The van der Waals surface area contributed by atoms with E-state index in [9.17, 15) is 0 Å². The molecule has 112 valence electrons. The molecule has 0 bridgehead atoms. The van der Waals surface area contributed by atoms with Crippen LogP contribution in [0.3, 0.4) is 0 Å². The minimum absolute atomic E-state index is 0.413. The quantitative estimate of drug-likeness (QED) is 0.800. The fourth-order valence-electron chi connectivity index (χ4n) is 3.14. The molecule has 0 saturated heterocycles. The summed E-state index contributed by atoms with van der Waals surface area (Å²) in [4.78, 5) is 0. The second-order valence-electron chi connectivity index (χ2n) is 5.82. The fraction of sp³-hybridized carbons (Fsp3) is 0.400. The van der Waals surface area contributed by atoms with Gasteiger partial charge >= 0.3 is 0 Å². The van der Waals surface area contributed by atoms with Crippen LogP contribution >= 0.6 is 0 Å². The van der Waals surface area contributed by atoms with E-state index in [-0.39, 0.29) is 0 Å². The second-order valence-corrected chi connectivity index (χ2v) is 5.82. The second kappa shape index (κ2) is 7.42. The average Bonchev–Trinajstić information content (AvgIpc) is 2.51. The molecule has 0 radical (unpaired) electrons. The monoisotopic (exact) mass is 281 g/mol. The molecule has 1 nitrogen and oxygen atoms in total. The highest BCUT2D eigenvalue weighted by atomic mass is 14.9. The van der Waals surface area contributed by atoms with E-state index in [4.69, 9.17) is 0 Å². The SMILES string of the molecule is CCNC(CC)C(c1ccccc1)c1cc(C)ccc1C. The van der Waals surface area contributed by atoms with Gasteiger partial charge in [-0.05, 0) is 43.5 Å². The molecule has 2 atom stereocenters. The summed E-state index contributed by atoms with van der Waals surface area (Å²) in [5.41, 5.74) is 5.57. The van der Waals surface area contributed by atoms with Crippen LogP contribution in [0.1, 0.15) is 48.4 Å². The van der Waals surface area contributed by atoms with Crippen molar-refractivity contribution in [2.45, 2.75) is 46.1 Å². The van der Waals surface area contributed by atoms with E-state index < -0.39 is 0 Å². The van der Waals surface area contributed by atoms with Gasteiger partial charge in [-0.15, -0.1) is 0 Å². The van der Waals surface area contributed by atoms with Crippen molar-refractivity contribution in [2.75, 3.05) is 6.54 Å². The number of aryl methyl sites for hydroxylation is 2. The molecule has 0 aromatic heterocycles. The molecule has 0 heterocycles. The van der Waals surface area contributed by atoms with Gasteiger partial charge in [0.2, 0.25) is 0 Å². The van der Waals surface area contributed by atoms with Crippen LogP contribution in [0.2, 0.25) is 0 Å². The molecule has 2 aromatic carbocycles. The molecule has 2 rings (SSSR count). The van der Waals surface area contributed by atoms with Gasteiger partial charge in [0, 0.05) is 12.0 Å². The van der Waals surface area contributed by atoms with Crippen LogP contribution in [0.4, 0.5) is 0 Å². The van der Waals surface area contributed by atoms with E-state index in [1.807, 2.05) is 0 Å². The Morgan fingerprint density at radius 2 is 1.67 bits per heavy atom. The van der Waals surface area contributed by atoms with Gasteiger partial charge < -0.3 is 5.32 Å². The standard InChI is InChI=1S/C20H27N/c1-5-19(21-6-2)20(17-10-8-7-9-11-17)18-14-15(3)12-13-16(18)4/h7-14,19-21H,5-6H2,1-4H3. The van der Waals surface area contributed by atoms with E-state index in [1.165, 1.54) is 22.3 Å². The molecule has 1 N–H and O–H groups in total. The van der Waals surface area contributed by atoms with Gasteiger partial charge in [0.1, 0.15) is 0 Å². The zero-order chi connectivity index (χ0) is 15.2. The zero-order valence-electron chi connectivity index (χ0n) is 13.7. The number of hydrogen-bond donors (Lipinski definition) is 1. The maximum atomic E-state index is 3.68. The third kappa shape index (κ3) is 3.74. The first-order valence-electron chi connectivity index (χ1n) is 8.02. The predicted octanol–water partition coefficient (Wildman–Crippen LogP) is 4.82. The van der Waals surface area contributed by atoms with Crippen molar-refractivity contribution in [2.24, 2.45) is 0 Å². The first-order chi connectivity index (χ1) is 10.2. The van der Waals surface area contributed by atoms with E-state index in [2.05, 4.69) is 81.5 Å². The van der Waals surface area contributed by atoms with Crippen LogP contribution in [-0.2, 0) is 0 Å². The predicted molar refractivity (Wildman–Crippen MR) is 92.0 cm³/mol. The van der Waals surface area contributed by atoms with Crippen LogP contribution in [0.15, 0.2) is 48.5 Å². The number of likely N-dealkylation sites (N-methyl/N-ethyl adjacent to an activating group) is 1. The highest BCUT2D eigenvalue weighted by Gasteiger charge is 2.24. The molecular formula is C20H27N. The van der Waals surface area contributed by atoms with E-state index >= 15 is 0 Å². The molecule has 0 fully saturated rings. The van der Waals surface area contributed by atoms with Gasteiger partial charge in [-0.1, -0.05) is 67.9 Å². The highest BCUT2D eigenvalue weighted by Crippen LogP contribution is 2.32. The van der Waals surface area contributed by atoms with Gasteiger partial charge in [0.05, 0.1) is 0 Å². The first kappa shape index (κ1) is 15.8. The van der Waals surface area contributed by atoms with Gasteiger partial charge in [-0.2, -0.15) is 0 Å². The van der Waals surface area contributed by atoms with Crippen molar-refractivity contribution < 1.29 is 0 Å².